The topological polar surface area (TPSA) is 74.5 Å². The maximum Gasteiger partial charge on any atom is 0.274 e. The van der Waals surface area contributed by atoms with Crippen LogP contribution in [0.15, 0.2) is 47.6 Å². The fourth-order valence-corrected chi connectivity index (χ4v) is 1.77. The molecule has 0 aliphatic rings. The predicted octanol–water partition coefficient (Wildman–Crippen LogP) is 2.47. The molecule has 0 saturated carbocycles. The van der Waals surface area contributed by atoms with Gasteiger partial charge in [-0.05, 0) is 48.0 Å². The average molecular weight is 321 g/mol. The monoisotopic (exact) mass is 321 g/mol. The van der Waals surface area contributed by atoms with E-state index in [4.69, 9.17) is 16.4 Å². The van der Waals surface area contributed by atoms with Gasteiger partial charge < -0.3 is 4.74 Å². The summed E-state index contributed by atoms with van der Waals surface area (Å²) in [6, 6.07) is 12.2. The first-order valence-electron chi connectivity index (χ1n) is 6.83. The van der Waals surface area contributed by atoms with E-state index in [1.165, 1.54) is 18.3 Å². The Labute approximate surface area is 138 Å². The molecule has 0 aromatic heterocycles. The third kappa shape index (κ3) is 4.43. The minimum Gasteiger partial charge on any atom is -0.481 e. The molecule has 118 valence electrons. The van der Waals surface area contributed by atoms with Crippen LogP contribution in [0.25, 0.3) is 0 Å². The second-order valence-electron chi connectivity index (χ2n) is 4.57. The molecule has 0 fully saturated rings. The summed E-state index contributed by atoms with van der Waals surface area (Å²) in [6.45, 7) is 0.180. The molecule has 0 bridgehead atoms. The van der Waals surface area contributed by atoms with Gasteiger partial charge in [-0.1, -0.05) is 5.92 Å². The number of nitriles is 1. The SMILES string of the molecule is C#CCOc1ccc(/C=N\NC(=O)c2ccc(C#N)cc2F)cc1. The Kier molecular flexibility index (Phi) is 5.65. The van der Waals surface area contributed by atoms with E-state index in [1.807, 2.05) is 0 Å². The van der Waals surface area contributed by atoms with E-state index in [1.54, 1.807) is 30.3 Å². The molecule has 5 nitrogen and oxygen atoms in total. The van der Waals surface area contributed by atoms with Crippen molar-refractivity contribution in [1.82, 2.24) is 5.43 Å². The van der Waals surface area contributed by atoms with Gasteiger partial charge in [0.15, 0.2) is 0 Å². The number of ether oxygens (including phenoxy) is 1. The number of carbonyl (C=O) groups is 1. The maximum absolute atomic E-state index is 13.7. The molecular weight excluding hydrogens is 309 g/mol. The van der Waals surface area contributed by atoms with Gasteiger partial charge in [-0.3, -0.25) is 4.79 Å². The van der Waals surface area contributed by atoms with Crippen LogP contribution in [0.5, 0.6) is 5.75 Å². The van der Waals surface area contributed by atoms with E-state index < -0.39 is 11.7 Å². The molecule has 0 aliphatic carbocycles. The molecule has 0 aliphatic heterocycles. The second kappa shape index (κ2) is 8.11. The molecule has 2 aromatic rings. The fourth-order valence-electron chi connectivity index (χ4n) is 1.77. The van der Waals surface area contributed by atoms with E-state index >= 15 is 0 Å². The molecule has 1 amide bonds. The van der Waals surface area contributed by atoms with Crippen LogP contribution >= 0.6 is 0 Å². The Morgan fingerprint density at radius 3 is 2.71 bits per heavy atom. The van der Waals surface area contributed by atoms with Crippen LogP contribution in [0.1, 0.15) is 21.5 Å². The lowest BCUT2D eigenvalue weighted by Crippen LogP contribution is -2.19. The second-order valence-corrected chi connectivity index (χ2v) is 4.57. The van der Waals surface area contributed by atoms with Gasteiger partial charge in [0, 0.05) is 0 Å². The number of carbonyl (C=O) groups excluding carboxylic acids is 1. The van der Waals surface area contributed by atoms with Crippen molar-refractivity contribution in [3.05, 3.63) is 65.0 Å². The minimum atomic E-state index is -0.781. The van der Waals surface area contributed by atoms with Gasteiger partial charge in [0.25, 0.3) is 5.91 Å². The third-order valence-electron chi connectivity index (χ3n) is 2.92. The number of amides is 1. The van der Waals surface area contributed by atoms with Crippen LogP contribution in [0.3, 0.4) is 0 Å². The highest BCUT2D eigenvalue weighted by Gasteiger charge is 2.11. The smallest absolute Gasteiger partial charge is 0.274 e. The molecule has 1 N–H and O–H groups in total. The molecule has 24 heavy (non-hydrogen) atoms. The van der Waals surface area contributed by atoms with Crippen molar-refractivity contribution in [2.75, 3.05) is 6.61 Å². The summed E-state index contributed by atoms with van der Waals surface area (Å²) in [5, 5.41) is 12.4. The Balaban J connectivity index is 1.97. The summed E-state index contributed by atoms with van der Waals surface area (Å²) >= 11 is 0. The Bertz CT molecular complexity index is 846. The van der Waals surface area contributed by atoms with Crippen LogP contribution in [0, 0.1) is 29.5 Å². The van der Waals surface area contributed by atoms with Crippen molar-refractivity contribution in [2.24, 2.45) is 5.10 Å². The lowest BCUT2D eigenvalue weighted by molar-refractivity contribution is 0.0951. The van der Waals surface area contributed by atoms with Crippen LogP contribution in [0.4, 0.5) is 4.39 Å². The predicted molar refractivity (Wildman–Crippen MR) is 86.9 cm³/mol. The lowest BCUT2D eigenvalue weighted by Gasteiger charge is -2.03. The number of nitrogens with zero attached hydrogens (tertiary/aromatic N) is 2. The first-order valence-corrected chi connectivity index (χ1v) is 6.83. The zero-order valence-electron chi connectivity index (χ0n) is 12.5. The molecule has 0 unspecified atom stereocenters. The van der Waals surface area contributed by atoms with Crippen molar-refractivity contribution in [1.29, 1.82) is 5.26 Å². The van der Waals surface area contributed by atoms with Gasteiger partial charge in [-0.15, -0.1) is 6.42 Å². The Morgan fingerprint density at radius 1 is 1.33 bits per heavy atom. The number of hydrazone groups is 1. The number of halogens is 1. The molecule has 6 heteroatoms. The lowest BCUT2D eigenvalue weighted by atomic mass is 10.1. The van der Waals surface area contributed by atoms with E-state index in [9.17, 15) is 9.18 Å². The highest BCUT2D eigenvalue weighted by Crippen LogP contribution is 2.11. The minimum absolute atomic E-state index is 0.139. The molecule has 2 aromatic carbocycles. The molecule has 0 heterocycles. The zero-order chi connectivity index (χ0) is 17.4. The molecule has 0 atom stereocenters. The average Bonchev–Trinajstić information content (AvgIpc) is 2.60. The van der Waals surface area contributed by atoms with Crippen molar-refractivity contribution in [3.63, 3.8) is 0 Å². The summed E-state index contributed by atoms with van der Waals surface area (Å²) in [6.07, 6.45) is 6.50. The van der Waals surface area contributed by atoms with Gasteiger partial charge in [-0.2, -0.15) is 10.4 Å². The third-order valence-corrected chi connectivity index (χ3v) is 2.92. The fraction of sp³-hybridized carbons (Fsp3) is 0.0556. The Hall–Kier alpha value is -3.64. The molecule has 0 saturated heterocycles. The van der Waals surface area contributed by atoms with Crippen molar-refractivity contribution < 1.29 is 13.9 Å². The summed E-state index contributed by atoms with van der Waals surface area (Å²) < 4.78 is 18.9. The number of nitrogens with one attached hydrogen (secondary N) is 1. The maximum atomic E-state index is 13.7. The Morgan fingerprint density at radius 2 is 2.08 bits per heavy atom. The van der Waals surface area contributed by atoms with Crippen molar-refractivity contribution in [3.8, 4) is 24.2 Å². The first kappa shape index (κ1) is 16.7. The van der Waals surface area contributed by atoms with Gasteiger partial charge in [0.2, 0.25) is 0 Å². The van der Waals surface area contributed by atoms with Crippen molar-refractivity contribution >= 4 is 12.1 Å². The van der Waals surface area contributed by atoms with Crippen LogP contribution in [-0.4, -0.2) is 18.7 Å². The van der Waals surface area contributed by atoms with Crippen LogP contribution in [-0.2, 0) is 0 Å². The summed E-state index contributed by atoms with van der Waals surface area (Å²) in [7, 11) is 0. The van der Waals surface area contributed by atoms with Crippen molar-refractivity contribution in [2.45, 2.75) is 0 Å². The zero-order valence-corrected chi connectivity index (χ0v) is 12.5. The quantitative estimate of drug-likeness (QED) is 0.522. The normalized spacial score (nSPS) is 9.96. The summed E-state index contributed by atoms with van der Waals surface area (Å²) in [5.74, 6) is 1.49. The largest absolute Gasteiger partial charge is 0.481 e. The number of hydrogen-bond acceptors (Lipinski definition) is 4. The molecule has 2 rings (SSSR count). The van der Waals surface area contributed by atoms with E-state index in [0.29, 0.717) is 11.3 Å². The van der Waals surface area contributed by atoms with E-state index in [0.717, 1.165) is 6.07 Å². The molecule has 0 spiro atoms. The molecular formula is C18H12FN3O2. The number of rotatable bonds is 5. The van der Waals surface area contributed by atoms with Crippen LogP contribution in [0.2, 0.25) is 0 Å². The number of benzene rings is 2. The summed E-state index contributed by atoms with van der Waals surface area (Å²) in [5.41, 5.74) is 2.88. The summed E-state index contributed by atoms with van der Waals surface area (Å²) in [4.78, 5) is 11.8. The standard InChI is InChI=1S/C18H12FN3O2/c1-2-9-24-15-6-3-13(4-7-15)12-21-22-18(23)16-8-5-14(11-20)10-17(16)19/h1,3-8,10,12H,9H2,(H,22,23)/b21-12-. The van der Waals surface area contributed by atoms with E-state index in [-0.39, 0.29) is 17.7 Å². The highest BCUT2D eigenvalue weighted by atomic mass is 19.1. The highest BCUT2D eigenvalue weighted by molar-refractivity contribution is 5.95. The van der Waals surface area contributed by atoms with E-state index in [2.05, 4.69) is 16.4 Å². The van der Waals surface area contributed by atoms with Crippen LogP contribution < -0.4 is 10.2 Å². The van der Waals surface area contributed by atoms with Gasteiger partial charge >= 0.3 is 0 Å². The first-order chi connectivity index (χ1) is 11.6. The van der Waals surface area contributed by atoms with Gasteiger partial charge in [0.1, 0.15) is 18.2 Å². The molecule has 0 radical (unpaired) electrons. The number of hydrogen-bond donors (Lipinski definition) is 1. The van der Waals surface area contributed by atoms with Gasteiger partial charge in [-0.25, -0.2) is 9.82 Å². The number of terminal acetylenes is 1. The van der Waals surface area contributed by atoms with Gasteiger partial charge in [0.05, 0.1) is 23.4 Å².